The van der Waals surface area contributed by atoms with Crippen molar-refractivity contribution in [3.8, 4) is 0 Å². The van der Waals surface area contributed by atoms with E-state index in [2.05, 4.69) is 19.1 Å². The van der Waals surface area contributed by atoms with Gasteiger partial charge in [0.15, 0.2) is 0 Å². The van der Waals surface area contributed by atoms with E-state index in [1.807, 2.05) is 0 Å². The van der Waals surface area contributed by atoms with Gasteiger partial charge in [-0.25, -0.2) is 0 Å². The first-order valence-corrected chi connectivity index (χ1v) is 7.39. The summed E-state index contributed by atoms with van der Waals surface area (Å²) >= 11 is 0. The summed E-state index contributed by atoms with van der Waals surface area (Å²) in [6, 6.07) is 0. The van der Waals surface area contributed by atoms with Crippen LogP contribution in [0.3, 0.4) is 0 Å². The summed E-state index contributed by atoms with van der Waals surface area (Å²) < 4.78 is 0. The van der Waals surface area contributed by atoms with Gasteiger partial charge < -0.3 is 5.11 Å². The zero-order valence-corrected chi connectivity index (χ0v) is 11.4. The number of aliphatic hydroxyl groups excluding tert-OH is 1. The molecule has 1 rings (SSSR count). The van der Waals surface area contributed by atoms with Crippen molar-refractivity contribution < 1.29 is 5.11 Å². The Hall–Kier alpha value is -0.720. The minimum absolute atomic E-state index is 0.679. The van der Waals surface area contributed by atoms with E-state index in [1.165, 1.54) is 44.1 Å². The molecule has 1 aliphatic rings. The Bertz CT molecular complexity index is 250. The minimum Gasteiger partial charge on any atom is -0.512 e. The summed E-state index contributed by atoms with van der Waals surface area (Å²) in [7, 11) is 0. The standard InChI is InChI=1S/C16H28O/c1-2-3-4-5-6-7-8-9-10-12-15-13-11-14-16(15)17/h8-9,17H,2-7,10-14H2,1H3/b9-8+. The fourth-order valence-corrected chi connectivity index (χ4v) is 2.42. The molecule has 0 aliphatic heterocycles. The van der Waals surface area contributed by atoms with Gasteiger partial charge in [-0.05, 0) is 44.1 Å². The van der Waals surface area contributed by atoms with E-state index in [1.54, 1.807) is 0 Å². The van der Waals surface area contributed by atoms with Crippen LogP contribution in [0, 0.1) is 0 Å². The van der Waals surface area contributed by atoms with Crippen molar-refractivity contribution in [1.29, 1.82) is 0 Å². The molecular weight excluding hydrogens is 208 g/mol. The largest absolute Gasteiger partial charge is 0.512 e. The molecular formula is C16H28O. The van der Waals surface area contributed by atoms with Crippen LogP contribution < -0.4 is 0 Å². The van der Waals surface area contributed by atoms with Gasteiger partial charge in [-0.2, -0.15) is 0 Å². The molecule has 1 N–H and O–H groups in total. The molecule has 0 saturated carbocycles. The third-order valence-electron chi connectivity index (χ3n) is 3.55. The van der Waals surface area contributed by atoms with Gasteiger partial charge in [-0.15, -0.1) is 0 Å². The van der Waals surface area contributed by atoms with Crippen LogP contribution in [0.2, 0.25) is 0 Å². The predicted octanol–water partition coefficient (Wildman–Crippen LogP) is 5.68. The second kappa shape index (κ2) is 9.32. The van der Waals surface area contributed by atoms with Crippen LogP contribution in [0.15, 0.2) is 23.5 Å². The molecule has 0 aromatic carbocycles. The van der Waals surface area contributed by atoms with E-state index >= 15 is 0 Å². The van der Waals surface area contributed by atoms with E-state index in [4.69, 9.17) is 0 Å². The number of unbranched alkanes of at least 4 members (excludes halogenated alkanes) is 5. The van der Waals surface area contributed by atoms with Crippen molar-refractivity contribution in [2.45, 2.75) is 77.6 Å². The van der Waals surface area contributed by atoms with E-state index in [0.29, 0.717) is 5.76 Å². The molecule has 0 saturated heterocycles. The quantitative estimate of drug-likeness (QED) is 0.403. The SMILES string of the molecule is CCCCCCC/C=C/CCC1=C(O)CCC1. The lowest BCUT2D eigenvalue weighted by Crippen LogP contribution is -1.82. The Morgan fingerprint density at radius 1 is 1.00 bits per heavy atom. The Kier molecular flexibility index (Phi) is 7.87. The van der Waals surface area contributed by atoms with E-state index < -0.39 is 0 Å². The van der Waals surface area contributed by atoms with Crippen LogP contribution in [0.5, 0.6) is 0 Å². The van der Waals surface area contributed by atoms with Gasteiger partial charge in [0.25, 0.3) is 0 Å². The van der Waals surface area contributed by atoms with Crippen LogP contribution in [-0.4, -0.2) is 5.11 Å². The summed E-state index contributed by atoms with van der Waals surface area (Å²) in [5, 5.41) is 9.57. The van der Waals surface area contributed by atoms with Crippen molar-refractivity contribution >= 4 is 0 Å². The number of hydrogen-bond acceptors (Lipinski definition) is 1. The maximum Gasteiger partial charge on any atom is 0.0914 e. The molecule has 0 heterocycles. The van der Waals surface area contributed by atoms with E-state index in [9.17, 15) is 5.11 Å². The number of allylic oxidation sites excluding steroid dienone is 4. The topological polar surface area (TPSA) is 20.2 Å². The highest BCUT2D eigenvalue weighted by Gasteiger charge is 2.11. The molecule has 1 heteroatoms. The maximum atomic E-state index is 9.57. The average Bonchev–Trinajstić information content (AvgIpc) is 2.73. The normalized spacial score (nSPS) is 16.3. The summed E-state index contributed by atoms with van der Waals surface area (Å²) in [6.45, 7) is 2.26. The summed E-state index contributed by atoms with van der Waals surface area (Å²) in [5.41, 5.74) is 1.30. The molecule has 0 aromatic heterocycles. The fraction of sp³-hybridized carbons (Fsp3) is 0.750. The zero-order valence-electron chi connectivity index (χ0n) is 11.4. The molecule has 98 valence electrons. The molecule has 17 heavy (non-hydrogen) atoms. The first-order chi connectivity index (χ1) is 8.34. The first kappa shape index (κ1) is 14.3. The van der Waals surface area contributed by atoms with Gasteiger partial charge in [0.05, 0.1) is 5.76 Å². The van der Waals surface area contributed by atoms with Crippen molar-refractivity contribution in [2.24, 2.45) is 0 Å². The monoisotopic (exact) mass is 236 g/mol. The smallest absolute Gasteiger partial charge is 0.0914 e. The molecule has 0 fully saturated rings. The minimum atomic E-state index is 0.679. The second-order valence-corrected chi connectivity index (χ2v) is 5.12. The summed E-state index contributed by atoms with van der Waals surface area (Å²) in [5.74, 6) is 0.679. The van der Waals surface area contributed by atoms with Crippen LogP contribution in [0.1, 0.15) is 77.6 Å². The molecule has 0 bridgehead atoms. The Morgan fingerprint density at radius 2 is 1.76 bits per heavy atom. The van der Waals surface area contributed by atoms with Crippen LogP contribution in [0.25, 0.3) is 0 Å². The Morgan fingerprint density at radius 3 is 2.47 bits per heavy atom. The van der Waals surface area contributed by atoms with Gasteiger partial charge in [0, 0.05) is 6.42 Å². The summed E-state index contributed by atoms with van der Waals surface area (Å²) in [6.07, 6.45) is 18.0. The average molecular weight is 236 g/mol. The number of aliphatic hydroxyl groups is 1. The lowest BCUT2D eigenvalue weighted by molar-refractivity contribution is 0.391. The van der Waals surface area contributed by atoms with Gasteiger partial charge >= 0.3 is 0 Å². The molecule has 0 atom stereocenters. The number of rotatable bonds is 9. The zero-order chi connectivity index (χ0) is 12.3. The third kappa shape index (κ3) is 6.55. The van der Waals surface area contributed by atoms with Crippen molar-refractivity contribution in [2.75, 3.05) is 0 Å². The van der Waals surface area contributed by atoms with Gasteiger partial charge in [-0.3, -0.25) is 0 Å². The molecule has 0 unspecified atom stereocenters. The Labute approximate surface area is 107 Å². The molecule has 1 aliphatic carbocycles. The van der Waals surface area contributed by atoms with Crippen molar-refractivity contribution in [1.82, 2.24) is 0 Å². The van der Waals surface area contributed by atoms with Gasteiger partial charge in [0.1, 0.15) is 0 Å². The van der Waals surface area contributed by atoms with Crippen molar-refractivity contribution in [3.63, 3.8) is 0 Å². The van der Waals surface area contributed by atoms with Crippen LogP contribution >= 0.6 is 0 Å². The molecule has 0 aromatic rings. The molecule has 0 amide bonds. The first-order valence-electron chi connectivity index (χ1n) is 7.39. The molecule has 1 nitrogen and oxygen atoms in total. The highest BCUT2D eigenvalue weighted by atomic mass is 16.3. The number of hydrogen-bond donors (Lipinski definition) is 1. The summed E-state index contributed by atoms with van der Waals surface area (Å²) in [4.78, 5) is 0. The maximum absolute atomic E-state index is 9.57. The van der Waals surface area contributed by atoms with E-state index in [-0.39, 0.29) is 0 Å². The highest BCUT2D eigenvalue weighted by molar-refractivity contribution is 5.13. The van der Waals surface area contributed by atoms with Crippen molar-refractivity contribution in [3.05, 3.63) is 23.5 Å². The molecule has 0 radical (unpaired) electrons. The van der Waals surface area contributed by atoms with Crippen LogP contribution in [-0.2, 0) is 0 Å². The van der Waals surface area contributed by atoms with Gasteiger partial charge in [-0.1, -0.05) is 44.8 Å². The van der Waals surface area contributed by atoms with Crippen LogP contribution in [0.4, 0.5) is 0 Å². The van der Waals surface area contributed by atoms with E-state index in [0.717, 1.165) is 32.1 Å². The molecule has 0 spiro atoms. The third-order valence-corrected chi connectivity index (χ3v) is 3.55. The van der Waals surface area contributed by atoms with Gasteiger partial charge in [0.2, 0.25) is 0 Å². The Balaban J connectivity index is 1.94. The predicted molar refractivity (Wildman–Crippen MR) is 75.3 cm³/mol. The lowest BCUT2D eigenvalue weighted by Gasteiger charge is -1.99. The lowest BCUT2D eigenvalue weighted by atomic mass is 10.1. The highest BCUT2D eigenvalue weighted by Crippen LogP contribution is 2.27. The fourth-order valence-electron chi connectivity index (χ4n) is 2.42. The second-order valence-electron chi connectivity index (χ2n) is 5.12.